The third-order valence-corrected chi connectivity index (χ3v) is 5.16. The van der Waals surface area contributed by atoms with Gasteiger partial charge in [0.2, 0.25) is 18.0 Å². The van der Waals surface area contributed by atoms with Gasteiger partial charge in [-0.05, 0) is 31.5 Å². The number of cyclic esters (lactones) is 1. The van der Waals surface area contributed by atoms with Crippen LogP contribution in [0.2, 0.25) is 0 Å². The molecule has 0 aromatic heterocycles. The molecule has 1 fully saturated rings. The lowest BCUT2D eigenvalue weighted by Gasteiger charge is -2.29. The number of para-hydroxylation sites is 1. The SMILES string of the molecule is CCOC(=O)c1ccccc1NC(=O)[C@@H]1CCC(=O)N1C1OC(=O)c2ccccc21. The Morgan fingerprint density at radius 1 is 1.13 bits per heavy atom. The highest BCUT2D eigenvalue weighted by Crippen LogP contribution is 2.38. The van der Waals surface area contributed by atoms with Crippen LogP contribution in [0.25, 0.3) is 0 Å². The quantitative estimate of drug-likeness (QED) is 0.763. The predicted octanol–water partition coefficient (Wildman–Crippen LogP) is 2.66. The first-order valence-electron chi connectivity index (χ1n) is 9.69. The van der Waals surface area contributed by atoms with E-state index in [-0.39, 0.29) is 30.9 Å². The van der Waals surface area contributed by atoms with Crippen LogP contribution in [0, 0.1) is 0 Å². The number of rotatable bonds is 5. The number of amides is 2. The maximum Gasteiger partial charge on any atom is 0.340 e. The molecule has 1 N–H and O–H groups in total. The molecule has 2 amide bonds. The Hall–Kier alpha value is -3.68. The van der Waals surface area contributed by atoms with Crippen molar-refractivity contribution in [3.05, 3.63) is 65.2 Å². The minimum Gasteiger partial charge on any atom is -0.462 e. The molecule has 8 nitrogen and oxygen atoms in total. The second-order valence-corrected chi connectivity index (χ2v) is 6.96. The molecule has 2 aliphatic heterocycles. The Balaban J connectivity index is 1.59. The minimum atomic E-state index is -0.945. The standard InChI is InChI=1S/C22H20N2O6/c1-2-29-21(27)15-9-5-6-10-16(15)23-19(26)17-11-12-18(25)24(17)20-13-7-3-4-8-14(13)22(28)30-20/h3-10,17,20H,2,11-12H2,1H3,(H,23,26)/t17-,20?/m0/s1. The summed E-state index contributed by atoms with van der Waals surface area (Å²) < 4.78 is 10.5. The second kappa shape index (κ2) is 7.98. The van der Waals surface area contributed by atoms with Crippen molar-refractivity contribution in [2.45, 2.75) is 32.0 Å². The van der Waals surface area contributed by atoms with Crippen LogP contribution in [-0.4, -0.2) is 41.3 Å². The highest BCUT2D eigenvalue weighted by Gasteiger charge is 2.46. The van der Waals surface area contributed by atoms with Gasteiger partial charge in [-0.25, -0.2) is 9.59 Å². The van der Waals surface area contributed by atoms with Crippen LogP contribution in [0.3, 0.4) is 0 Å². The van der Waals surface area contributed by atoms with Crippen LogP contribution in [0.5, 0.6) is 0 Å². The maximum absolute atomic E-state index is 13.1. The number of hydrogen-bond acceptors (Lipinski definition) is 6. The molecule has 2 heterocycles. The van der Waals surface area contributed by atoms with E-state index in [9.17, 15) is 19.2 Å². The molecular weight excluding hydrogens is 388 g/mol. The van der Waals surface area contributed by atoms with Crippen molar-refractivity contribution in [3.63, 3.8) is 0 Å². The van der Waals surface area contributed by atoms with Gasteiger partial charge in [0.05, 0.1) is 23.4 Å². The minimum absolute atomic E-state index is 0.161. The van der Waals surface area contributed by atoms with Gasteiger partial charge in [0, 0.05) is 12.0 Å². The molecule has 2 aromatic rings. The molecule has 30 heavy (non-hydrogen) atoms. The molecule has 2 aromatic carbocycles. The maximum atomic E-state index is 13.1. The monoisotopic (exact) mass is 408 g/mol. The zero-order valence-corrected chi connectivity index (χ0v) is 16.3. The fourth-order valence-corrected chi connectivity index (χ4v) is 3.78. The molecule has 0 radical (unpaired) electrons. The summed E-state index contributed by atoms with van der Waals surface area (Å²) in [6.07, 6.45) is -0.504. The van der Waals surface area contributed by atoms with Crippen LogP contribution in [0.1, 0.15) is 52.3 Å². The van der Waals surface area contributed by atoms with Crippen molar-refractivity contribution in [3.8, 4) is 0 Å². The topological polar surface area (TPSA) is 102 Å². The van der Waals surface area contributed by atoms with E-state index in [1.165, 1.54) is 4.90 Å². The third-order valence-electron chi connectivity index (χ3n) is 5.16. The first-order valence-corrected chi connectivity index (χ1v) is 9.69. The van der Waals surface area contributed by atoms with Crippen LogP contribution < -0.4 is 5.32 Å². The number of ether oxygens (including phenoxy) is 2. The fourth-order valence-electron chi connectivity index (χ4n) is 3.78. The molecule has 1 unspecified atom stereocenters. The number of hydrogen-bond donors (Lipinski definition) is 1. The Kier molecular flexibility index (Phi) is 5.22. The summed E-state index contributed by atoms with van der Waals surface area (Å²) in [5, 5.41) is 2.73. The molecule has 0 spiro atoms. The number of carbonyl (C=O) groups excluding carboxylic acids is 4. The highest BCUT2D eigenvalue weighted by molar-refractivity contribution is 6.04. The summed E-state index contributed by atoms with van der Waals surface area (Å²) in [5.41, 5.74) is 1.46. The van der Waals surface area contributed by atoms with Gasteiger partial charge in [0.25, 0.3) is 0 Å². The number of likely N-dealkylation sites (tertiary alicyclic amines) is 1. The van der Waals surface area contributed by atoms with Crippen LogP contribution in [0.4, 0.5) is 5.69 Å². The van der Waals surface area contributed by atoms with Crippen molar-refractivity contribution >= 4 is 29.4 Å². The summed E-state index contributed by atoms with van der Waals surface area (Å²) in [6, 6.07) is 12.5. The Labute approximate surface area is 172 Å². The molecule has 2 aliphatic rings. The number of nitrogens with one attached hydrogen (secondary N) is 1. The van der Waals surface area contributed by atoms with Crippen molar-refractivity contribution in [1.29, 1.82) is 0 Å². The first-order chi connectivity index (χ1) is 14.5. The zero-order valence-electron chi connectivity index (χ0n) is 16.3. The molecule has 8 heteroatoms. The lowest BCUT2D eigenvalue weighted by Crippen LogP contribution is -2.44. The van der Waals surface area contributed by atoms with E-state index in [1.807, 2.05) is 0 Å². The molecule has 0 bridgehead atoms. The van der Waals surface area contributed by atoms with Gasteiger partial charge in [-0.2, -0.15) is 0 Å². The molecular formula is C22H20N2O6. The molecule has 2 atom stereocenters. The average molecular weight is 408 g/mol. The molecule has 1 saturated heterocycles. The first kappa shape index (κ1) is 19.6. The van der Waals surface area contributed by atoms with E-state index in [2.05, 4.69) is 5.32 Å². The summed E-state index contributed by atoms with van der Waals surface area (Å²) in [4.78, 5) is 51.3. The van der Waals surface area contributed by atoms with Crippen LogP contribution in [0.15, 0.2) is 48.5 Å². The lowest BCUT2D eigenvalue weighted by atomic mass is 10.1. The van der Waals surface area contributed by atoms with Crippen molar-refractivity contribution in [1.82, 2.24) is 4.90 Å². The van der Waals surface area contributed by atoms with Gasteiger partial charge in [-0.15, -0.1) is 0 Å². The highest BCUT2D eigenvalue weighted by atomic mass is 16.6. The Morgan fingerprint density at radius 3 is 2.67 bits per heavy atom. The van der Waals surface area contributed by atoms with Crippen molar-refractivity contribution in [2.24, 2.45) is 0 Å². The summed E-state index contributed by atoms with van der Waals surface area (Å²) in [7, 11) is 0. The van der Waals surface area contributed by atoms with E-state index in [0.717, 1.165) is 0 Å². The number of esters is 2. The summed E-state index contributed by atoms with van der Waals surface area (Å²) in [5.74, 6) is -1.81. The Bertz CT molecular complexity index is 1030. The fraction of sp³-hybridized carbons (Fsp3) is 0.273. The molecule has 154 valence electrons. The van der Waals surface area contributed by atoms with Crippen molar-refractivity contribution in [2.75, 3.05) is 11.9 Å². The van der Waals surface area contributed by atoms with Gasteiger partial charge >= 0.3 is 11.9 Å². The molecule has 0 aliphatic carbocycles. The van der Waals surface area contributed by atoms with E-state index < -0.39 is 30.1 Å². The second-order valence-electron chi connectivity index (χ2n) is 6.96. The van der Waals surface area contributed by atoms with E-state index >= 15 is 0 Å². The van der Waals surface area contributed by atoms with Gasteiger partial charge in [-0.3, -0.25) is 14.5 Å². The van der Waals surface area contributed by atoms with Gasteiger partial charge in [-0.1, -0.05) is 30.3 Å². The Morgan fingerprint density at radius 2 is 1.87 bits per heavy atom. The van der Waals surface area contributed by atoms with Crippen LogP contribution in [-0.2, 0) is 19.1 Å². The number of anilines is 1. The molecule has 0 saturated carbocycles. The van der Waals surface area contributed by atoms with E-state index in [4.69, 9.17) is 9.47 Å². The normalized spacial score (nSPS) is 20.0. The third kappa shape index (κ3) is 3.41. The average Bonchev–Trinajstić information content (AvgIpc) is 3.28. The van der Waals surface area contributed by atoms with E-state index in [0.29, 0.717) is 16.8 Å². The summed E-state index contributed by atoms with van der Waals surface area (Å²) >= 11 is 0. The number of nitrogens with zero attached hydrogens (tertiary/aromatic N) is 1. The van der Waals surface area contributed by atoms with Crippen molar-refractivity contribution < 1.29 is 28.7 Å². The smallest absolute Gasteiger partial charge is 0.340 e. The largest absolute Gasteiger partial charge is 0.462 e. The lowest BCUT2D eigenvalue weighted by molar-refractivity contribution is -0.144. The van der Waals surface area contributed by atoms with E-state index in [1.54, 1.807) is 55.5 Å². The predicted molar refractivity (Wildman–Crippen MR) is 105 cm³/mol. The molecule has 4 rings (SSSR count). The number of carbonyl (C=O) groups is 4. The number of benzene rings is 2. The van der Waals surface area contributed by atoms with Gasteiger partial charge in [0.15, 0.2) is 0 Å². The van der Waals surface area contributed by atoms with Gasteiger partial charge in [0.1, 0.15) is 6.04 Å². The zero-order chi connectivity index (χ0) is 21.3. The number of fused-ring (bicyclic) bond motifs is 1. The summed E-state index contributed by atoms with van der Waals surface area (Å²) in [6.45, 7) is 1.90. The van der Waals surface area contributed by atoms with Crippen LogP contribution >= 0.6 is 0 Å². The van der Waals surface area contributed by atoms with Gasteiger partial charge < -0.3 is 14.8 Å².